The molecular weight excluding hydrogens is 380 g/mol. The van der Waals surface area contributed by atoms with E-state index in [-0.39, 0.29) is 11.9 Å². The summed E-state index contributed by atoms with van der Waals surface area (Å²) < 4.78 is 16.4. The molecule has 0 N–H and O–H groups in total. The number of methoxy groups -OCH3 is 3. The van der Waals surface area contributed by atoms with Gasteiger partial charge in [-0.15, -0.1) is 0 Å². The Kier molecular flexibility index (Phi) is 5.31. The minimum atomic E-state index is -0.258. The summed E-state index contributed by atoms with van der Waals surface area (Å²) in [6.45, 7) is 1.53. The maximum absolute atomic E-state index is 12.5. The van der Waals surface area contributed by atoms with Crippen LogP contribution in [0, 0.1) is 0 Å². The standard InChI is InChI=1S/C24H24N2O4/c1-15(27)26-20(24-18-8-6-5-7-16(18)9-12-22(24)29-3)14-19(25-26)17-10-11-21(28-2)23(13-17)30-4/h5-13,20H,14H2,1-4H3/t20-/m1/s1. The van der Waals surface area contributed by atoms with E-state index in [0.29, 0.717) is 17.9 Å². The number of hydrogen-bond acceptors (Lipinski definition) is 5. The van der Waals surface area contributed by atoms with Gasteiger partial charge in [0.25, 0.3) is 0 Å². The molecule has 0 saturated carbocycles. The normalized spacial score (nSPS) is 15.8. The highest BCUT2D eigenvalue weighted by Crippen LogP contribution is 2.42. The molecule has 1 atom stereocenters. The Morgan fingerprint density at radius 3 is 2.33 bits per heavy atom. The summed E-state index contributed by atoms with van der Waals surface area (Å²) in [7, 11) is 4.85. The van der Waals surface area contributed by atoms with Crippen LogP contribution in [0.2, 0.25) is 0 Å². The highest BCUT2D eigenvalue weighted by molar-refractivity contribution is 6.04. The molecule has 0 saturated heterocycles. The number of carbonyl (C=O) groups excluding carboxylic acids is 1. The van der Waals surface area contributed by atoms with Gasteiger partial charge in [-0.2, -0.15) is 5.10 Å². The van der Waals surface area contributed by atoms with Crippen LogP contribution in [-0.4, -0.2) is 38.0 Å². The van der Waals surface area contributed by atoms with Gasteiger partial charge in [-0.25, -0.2) is 5.01 Å². The van der Waals surface area contributed by atoms with E-state index in [1.807, 2.05) is 42.5 Å². The van der Waals surface area contributed by atoms with Crippen LogP contribution in [0.25, 0.3) is 10.8 Å². The quantitative estimate of drug-likeness (QED) is 0.625. The van der Waals surface area contributed by atoms with Crippen molar-refractivity contribution in [1.29, 1.82) is 0 Å². The fourth-order valence-electron chi connectivity index (χ4n) is 4.01. The van der Waals surface area contributed by atoms with Crippen LogP contribution in [0.15, 0.2) is 59.7 Å². The number of rotatable bonds is 5. The molecule has 6 heteroatoms. The molecular formula is C24H24N2O4. The van der Waals surface area contributed by atoms with Crippen molar-refractivity contribution in [2.45, 2.75) is 19.4 Å². The molecule has 0 bridgehead atoms. The maximum Gasteiger partial charge on any atom is 0.240 e. The van der Waals surface area contributed by atoms with Crippen LogP contribution >= 0.6 is 0 Å². The number of ether oxygens (including phenoxy) is 3. The Balaban J connectivity index is 1.81. The van der Waals surface area contributed by atoms with Crippen molar-refractivity contribution < 1.29 is 19.0 Å². The van der Waals surface area contributed by atoms with E-state index in [2.05, 4.69) is 17.2 Å². The predicted molar refractivity (Wildman–Crippen MR) is 116 cm³/mol. The zero-order chi connectivity index (χ0) is 21.3. The number of fused-ring (bicyclic) bond motifs is 1. The summed E-state index contributed by atoms with van der Waals surface area (Å²) in [6, 6.07) is 17.5. The lowest BCUT2D eigenvalue weighted by molar-refractivity contribution is -0.130. The fraction of sp³-hybridized carbons (Fsp3) is 0.250. The third kappa shape index (κ3) is 3.34. The number of hydrazone groups is 1. The Bertz CT molecular complexity index is 1140. The molecule has 1 aliphatic heterocycles. The molecule has 0 aliphatic carbocycles. The molecule has 4 rings (SSSR count). The minimum Gasteiger partial charge on any atom is -0.496 e. The largest absolute Gasteiger partial charge is 0.496 e. The minimum absolute atomic E-state index is 0.120. The Morgan fingerprint density at radius 2 is 1.63 bits per heavy atom. The van der Waals surface area contributed by atoms with Gasteiger partial charge in [-0.3, -0.25) is 4.79 Å². The van der Waals surface area contributed by atoms with E-state index >= 15 is 0 Å². The first-order valence-corrected chi connectivity index (χ1v) is 9.72. The van der Waals surface area contributed by atoms with Gasteiger partial charge >= 0.3 is 0 Å². The molecule has 0 fully saturated rings. The van der Waals surface area contributed by atoms with Gasteiger partial charge in [0.05, 0.1) is 33.1 Å². The van der Waals surface area contributed by atoms with Crippen molar-refractivity contribution in [3.8, 4) is 17.2 Å². The SMILES string of the molecule is COc1ccc(C2=NN(C(C)=O)[C@@H](c3c(OC)ccc4ccccc34)C2)cc1OC. The molecule has 154 valence electrons. The monoisotopic (exact) mass is 404 g/mol. The molecule has 30 heavy (non-hydrogen) atoms. The molecule has 6 nitrogen and oxygen atoms in total. The molecule has 1 aliphatic rings. The van der Waals surface area contributed by atoms with Gasteiger partial charge in [0.1, 0.15) is 5.75 Å². The van der Waals surface area contributed by atoms with E-state index in [1.165, 1.54) is 6.92 Å². The van der Waals surface area contributed by atoms with Crippen molar-refractivity contribution in [2.75, 3.05) is 21.3 Å². The lowest BCUT2D eigenvalue weighted by Crippen LogP contribution is -2.25. The number of benzene rings is 3. The number of nitrogens with zero attached hydrogens (tertiary/aromatic N) is 2. The van der Waals surface area contributed by atoms with Crippen molar-refractivity contribution in [1.82, 2.24) is 5.01 Å². The van der Waals surface area contributed by atoms with Crippen LogP contribution in [0.3, 0.4) is 0 Å². The van der Waals surface area contributed by atoms with Gasteiger partial charge in [0.2, 0.25) is 5.91 Å². The van der Waals surface area contributed by atoms with E-state index in [1.54, 1.807) is 26.3 Å². The maximum atomic E-state index is 12.5. The lowest BCUT2D eigenvalue weighted by atomic mass is 9.93. The first-order chi connectivity index (χ1) is 14.6. The van der Waals surface area contributed by atoms with E-state index in [9.17, 15) is 4.79 Å². The average molecular weight is 404 g/mol. The van der Waals surface area contributed by atoms with E-state index in [0.717, 1.165) is 33.4 Å². The molecule has 1 amide bonds. The predicted octanol–water partition coefficient (Wildman–Crippen LogP) is 4.56. The number of amides is 1. The zero-order valence-electron chi connectivity index (χ0n) is 17.5. The van der Waals surface area contributed by atoms with Gasteiger partial charge in [0, 0.05) is 24.5 Å². The summed E-state index contributed by atoms with van der Waals surface area (Å²) >= 11 is 0. The van der Waals surface area contributed by atoms with Crippen molar-refractivity contribution in [3.05, 3.63) is 65.7 Å². The van der Waals surface area contributed by atoms with Crippen LogP contribution in [0.5, 0.6) is 17.2 Å². The fourth-order valence-corrected chi connectivity index (χ4v) is 4.01. The summed E-state index contributed by atoms with van der Waals surface area (Å²) in [6.07, 6.45) is 0.569. The summed E-state index contributed by atoms with van der Waals surface area (Å²) in [5.41, 5.74) is 2.66. The molecule has 3 aromatic carbocycles. The lowest BCUT2D eigenvalue weighted by Gasteiger charge is -2.24. The number of hydrogen-bond donors (Lipinski definition) is 0. The Hall–Kier alpha value is -3.54. The summed E-state index contributed by atoms with van der Waals surface area (Å²) in [5, 5.41) is 8.38. The van der Waals surface area contributed by atoms with E-state index in [4.69, 9.17) is 14.2 Å². The molecule has 0 aromatic heterocycles. The Labute approximate surface area is 175 Å². The van der Waals surface area contributed by atoms with Crippen molar-refractivity contribution >= 4 is 22.4 Å². The highest BCUT2D eigenvalue weighted by Gasteiger charge is 2.34. The van der Waals surface area contributed by atoms with E-state index < -0.39 is 0 Å². The van der Waals surface area contributed by atoms with Crippen molar-refractivity contribution in [2.24, 2.45) is 5.10 Å². The summed E-state index contributed by atoms with van der Waals surface area (Å²) in [5.74, 6) is 1.90. The third-order valence-corrected chi connectivity index (χ3v) is 5.43. The highest BCUT2D eigenvalue weighted by atomic mass is 16.5. The van der Waals surface area contributed by atoms with Crippen LogP contribution in [-0.2, 0) is 4.79 Å². The first-order valence-electron chi connectivity index (χ1n) is 9.72. The van der Waals surface area contributed by atoms with Gasteiger partial charge in [-0.1, -0.05) is 30.3 Å². The molecule has 3 aromatic rings. The smallest absolute Gasteiger partial charge is 0.240 e. The third-order valence-electron chi connectivity index (χ3n) is 5.43. The average Bonchev–Trinajstić information content (AvgIpc) is 3.23. The second-order valence-corrected chi connectivity index (χ2v) is 7.10. The molecule has 0 unspecified atom stereocenters. The summed E-state index contributed by atoms with van der Waals surface area (Å²) in [4.78, 5) is 12.5. The van der Waals surface area contributed by atoms with Gasteiger partial charge < -0.3 is 14.2 Å². The topological polar surface area (TPSA) is 60.4 Å². The van der Waals surface area contributed by atoms with Gasteiger partial charge in [-0.05, 0) is 35.0 Å². The molecule has 1 heterocycles. The van der Waals surface area contributed by atoms with Gasteiger partial charge in [0.15, 0.2) is 11.5 Å². The first kappa shape index (κ1) is 19.8. The second kappa shape index (κ2) is 8.06. The molecule has 0 spiro atoms. The second-order valence-electron chi connectivity index (χ2n) is 7.10. The van der Waals surface area contributed by atoms with Crippen LogP contribution in [0.4, 0.5) is 0 Å². The van der Waals surface area contributed by atoms with Crippen LogP contribution in [0.1, 0.15) is 30.5 Å². The Morgan fingerprint density at radius 1 is 0.933 bits per heavy atom. The zero-order valence-corrected chi connectivity index (χ0v) is 17.5. The van der Waals surface area contributed by atoms with Crippen molar-refractivity contribution in [3.63, 3.8) is 0 Å². The molecule has 0 radical (unpaired) electrons. The van der Waals surface area contributed by atoms with Crippen LogP contribution < -0.4 is 14.2 Å². The number of carbonyl (C=O) groups is 1.